The number of ether oxygens (including phenoxy) is 2. The summed E-state index contributed by atoms with van der Waals surface area (Å²) in [6, 6.07) is 0. The first kappa shape index (κ1) is 29.9. The van der Waals surface area contributed by atoms with Gasteiger partial charge in [0, 0.05) is 19.3 Å². The minimum atomic E-state index is -5.20. The van der Waals surface area contributed by atoms with Gasteiger partial charge in [-0.1, -0.05) is 0 Å². The second-order valence-corrected chi connectivity index (χ2v) is 12.5. The number of fused-ring (bicyclic) bond motifs is 2. The van der Waals surface area contributed by atoms with Gasteiger partial charge in [-0.05, 0) is 0 Å². The van der Waals surface area contributed by atoms with E-state index in [0.717, 1.165) is 0 Å². The minimum absolute atomic E-state index is 0.0191. The molecule has 2 fully saturated rings. The highest BCUT2D eigenvalue weighted by atomic mass is 31.2. The molecule has 0 aromatic carbocycles. The van der Waals surface area contributed by atoms with Gasteiger partial charge in [0.2, 0.25) is 0 Å². The first-order valence-corrected chi connectivity index (χ1v) is 15.6. The quantitative estimate of drug-likeness (QED) is 0.109. The molecule has 43 heavy (non-hydrogen) atoms. The van der Waals surface area contributed by atoms with E-state index in [4.69, 9.17) is 30.0 Å². The molecule has 0 spiro atoms. The van der Waals surface area contributed by atoms with Gasteiger partial charge < -0.3 is 45.6 Å². The Balaban J connectivity index is 1.35. The second-order valence-electron chi connectivity index (χ2n) is 10.0. The summed E-state index contributed by atoms with van der Waals surface area (Å²) >= 11 is 0. The zero-order valence-corrected chi connectivity index (χ0v) is 23.6. The first-order valence-electron chi connectivity index (χ1n) is 12.5. The number of aliphatic hydroxyl groups is 1. The summed E-state index contributed by atoms with van der Waals surface area (Å²) in [5.74, 6) is 0.197. The van der Waals surface area contributed by atoms with Gasteiger partial charge in [-0.2, -0.15) is 0 Å². The summed E-state index contributed by atoms with van der Waals surface area (Å²) in [5.41, 5.74) is 10.8. The highest BCUT2D eigenvalue weighted by molar-refractivity contribution is 7.46. The van der Waals surface area contributed by atoms with Gasteiger partial charge in [-0.25, -0.2) is 39.0 Å². The maximum Gasteiger partial charge on any atom is 0.469 e. The number of nitrogen functional groups attached to an aromatic ring is 2. The second kappa shape index (κ2) is 10.8. The zero-order chi connectivity index (χ0) is 30.7. The number of nitrogens with two attached hydrogens (primary N) is 2. The molecule has 0 bridgehead atoms. The Morgan fingerprint density at radius 1 is 0.884 bits per heavy atom. The van der Waals surface area contributed by atoms with Crippen LogP contribution in [0, 0.1) is 0 Å². The molecule has 2 saturated heterocycles. The highest BCUT2D eigenvalue weighted by Crippen LogP contribution is 2.52. The van der Waals surface area contributed by atoms with Gasteiger partial charge in [0.15, 0.2) is 22.9 Å². The van der Waals surface area contributed by atoms with E-state index >= 15 is 0 Å². The molecule has 0 radical (unpaired) electrons. The molecule has 0 amide bonds. The average molecular weight is 644 g/mol. The van der Waals surface area contributed by atoms with Gasteiger partial charge in [0.25, 0.3) is 0 Å². The Kier molecular flexibility index (Phi) is 7.47. The summed E-state index contributed by atoms with van der Waals surface area (Å²) < 4.78 is 49.0. The fourth-order valence-electron chi connectivity index (χ4n) is 5.40. The third-order valence-electron chi connectivity index (χ3n) is 7.26. The first-order chi connectivity index (χ1) is 20.2. The van der Waals surface area contributed by atoms with Crippen molar-refractivity contribution < 1.29 is 52.3 Å². The number of hydrogen-bond acceptors (Lipinski definition) is 15. The predicted octanol–water partition coefficient (Wildman–Crippen LogP) is -0.886. The van der Waals surface area contributed by atoms with Crippen molar-refractivity contribution in [3.8, 4) is 0 Å². The Morgan fingerprint density at radius 3 is 2.02 bits per heavy atom. The normalized spacial score (nSPS) is 28.3. The lowest BCUT2D eigenvalue weighted by molar-refractivity contribution is -0.154. The van der Waals surface area contributed by atoms with Crippen LogP contribution in [0.15, 0.2) is 25.3 Å². The fraction of sp³-hybridized carbons (Fsp3) is 0.500. The maximum atomic E-state index is 12.0. The molecule has 4 aromatic heterocycles. The topological polar surface area (TPSA) is 311 Å². The Morgan fingerprint density at radius 2 is 1.47 bits per heavy atom. The van der Waals surface area contributed by atoms with Crippen LogP contribution in [0.1, 0.15) is 31.7 Å². The lowest BCUT2D eigenvalue weighted by Crippen LogP contribution is -2.48. The molecule has 21 nitrogen and oxygen atoms in total. The van der Waals surface area contributed by atoms with E-state index in [0.29, 0.717) is 11.2 Å². The number of phosphoric ester groups is 2. The van der Waals surface area contributed by atoms with Crippen molar-refractivity contribution in [2.75, 3.05) is 18.1 Å². The molecule has 9 N–H and O–H groups in total. The SMILES string of the molecule is Nc1ncnc2c1ncn2C1CC(O)C(CC2(COP(=O)(O)O)OC(n3cnc4c(N)ncnc43)CC2OP(=O)(O)O)O1. The number of aromatic nitrogens is 8. The number of imidazole rings is 2. The molecule has 2 aliphatic rings. The third-order valence-corrected chi connectivity index (χ3v) is 8.25. The molecular weight excluding hydrogens is 618 g/mol. The van der Waals surface area contributed by atoms with Crippen molar-refractivity contribution in [2.24, 2.45) is 0 Å². The number of aliphatic hydroxyl groups excluding tert-OH is 1. The van der Waals surface area contributed by atoms with Crippen LogP contribution in [0.4, 0.5) is 11.6 Å². The molecule has 6 rings (SSSR count). The Hall–Kier alpha value is -3.20. The van der Waals surface area contributed by atoms with E-state index in [-0.39, 0.29) is 42.1 Å². The van der Waals surface area contributed by atoms with E-state index in [2.05, 4.69) is 29.9 Å². The smallest absolute Gasteiger partial charge is 0.390 e. The van der Waals surface area contributed by atoms with E-state index in [1.54, 1.807) is 0 Å². The number of nitrogens with zero attached hydrogens (tertiary/aromatic N) is 8. The number of hydrogen-bond donors (Lipinski definition) is 7. The predicted molar refractivity (Wildman–Crippen MR) is 141 cm³/mol. The summed E-state index contributed by atoms with van der Waals surface area (Å²) in [6.07, 6.45) is -1.25. The van der Waals surface area contributed by atoms with Crippen LogP contribution in [0.2, 0.25) is 0 Å². The van der Waals surface area contributed by atoms with Crippen molar-refractivity contribution in [3.63, 3.8) is 0 Å². The Bertz CT molecular complexity index is 1760. The van der Waals surface area contributed by atoms with E-state index in [1.807, 2.05) is 0 Å². The number of anilines is 2. The van der Waals surface area contributed by atoms with Crippen molar-refractivity contribution in [1.29, 1.82) is 0 Å². The monoisotopic (exact) mass is 644 g/mol. The van der Waals surface area contributed by atoms with Crippen molar-refractivity contribution >= 4 is 49.6 Å². The highest BCUT2D eigenvalue weighted by Gasteiger charge is 2.56. The molecule has 4 aromatic rings. The molecule has 232 valence electrons. The maximum absolute atomic E-state index is 12.0. The van der Waals surface area contributed by atoms with E-state index in [9.17, 15) is 33.8 Å². The molecule has 6 atom stereocenters. The lowest BCUT2D eigenvalue weighted by atomic mass is 9.89. The van der Waals surface area contributed by atoms with Crippen LogP contribution in [0.3, 0.4) is 0 Å². The minimum Gasteiger partial charge on any atom is -0.390 e. The van der Waals surface area contributed by atoms with Gasteiger partial charge >= 0.3 is 15.6 Å². The standard InChI is InChI=1S/C20H26N10O11P2/c21-16-14-18(25-5-23-16)29(7-27-14)12-1-9(31)10(39-12)3-20(4-38-42(32,33)34)11(41-43(35,36)37)2-13(40-20)30-8-28-15-17(22)24-6-26-19(15)30/h5-13,31H,1-4H2,(H2,21,23,25)(H2,22,24,26)(H2,32,33,34)(H2,35,36,37). The van der Waals surface area contributed by atoms with Gasteiger partial charge in [-0.3, -0.25) is 18.2 Å². The van der Waals surface area contributed by atoms with Gasteiger partial charge in [0.05, 0.1) is 31.5 Å². The fourth-order valence-corrected chi connectivity index (χ4v) is 6.39. The Labute approximate surface area is 240 Å². The zero-order valence-electron chi connectivity index (χ0n) is 21.8. The number of phosphoric acid groups is 2. The van der Waals surface area contributed by atoms with Crippen LogP contribution in [-0.2, 0) is 27.7 Å². The van der Waals surface area contributed by atoms with Gasteiger partial charge in [-0.15, -0.1) is 0 Å². The van der Waals surface area contributed by atoms with Crippen LogP contribution in [0.25, 0.3) is 22.3 Å². The summed E-state index contributed by atoms with van der Waals surface area (Å²) in [7, 11) is -10.3. The molecular formula is C20H26N10O11P2. The molecule has 6 unspecified atom stereocenters. The largest absolute Gasteiger partial charge is 0.469 e. The van der Waals surface area contributed by atoms with Crippen molar-refractivity contribution in [3.05, 3.63) is 25.3 Å². The molecule has 23 heteroatoms. The van der Waals surface area contributed by atoms with Crippen LogP contribution in [0.5, 0.6) is 0 Å². The van der Waals surface area contributed by atoms with E-state index < -0.39 is 58.6 Å². The molecule has 2 aliphatic heterocycles. The number of rotatable bonds is 9. The molecule has 0 aliphatic carbocycles. The summed E-state index contributed by atoms with van der Waals surface area (Å²) in [4.78, 5) is 63.0. The lowest BCUT2D eigenvalue weighted by Gasteiger charge is -2.36. The molecule has 0 saturated carbocycles. The average Bonchev–Trinajstić information content (AvgIpc) is 3.68. The van der Waals surface area contributed by atoms with Gasteiger partial charge in [0.1, 0.15) is 47.8 Å². The van der Waals surface area contributed by atoms with Crippen molar-refractivity contribution in [2.45, 2.75) is 55.6 Å². The molecule has 6 heterocycles. The summed E-state index contributed by atoms with van der Waals surface area (Å²) in [5, 5.41) is 11.0. The summed E-state index contributed by atoms with van der Waals surface area (Å²) in [6.45, 7) is -0.906. The van der Waals surface area contributed by atoms with Crippen LogP contribution >= 0.6 is 15.6 Å². The van der Waals surface area contributed by atoms with Crippen molar-refractivity contribution in [1.82, 2.24) is 39.0 Å². The van der Waals surface area contributed by atoms with Crippen LogP contribution in [-0.4, -0.2) is 94.2 Å². The van der Waals surface area contributed by atoms with E-state index in [1.165, 1.54) is 34.4 Å². The van der Waals surface area contributed by atoms with Crippen LogP contribution < -0.4 is 11.5 Å². The third kappa shape index (κ3) is 5.85.